The summed E-state index contributed by atoms with van der Waals surface area (Å²) < 4.78 is 0. The first kappa shape index (κ1) is 23.9. The fourth-order valence-electron chi connectivity index (χ4n) is 4.10. The topological polar surface area (TPSA) is 132 Å². The Morgan fingerprint density at radius 1 is 1.03 bits per heavy atom. The summed E-state index contributed by atoms with van der Waals surface area (Å²) in [5, 5.41) is 35.0. The van der Waals surface area contributed by atoms with Crippen LogP contribution >= 0.6 is 0 Å². The Balaban J connectivity index is 1.36. The van der Waals surface area contributed by atoms with Gasteiger partial charge in [0.25, 0.3) is 0 Å². The van der Waals surface area contributed by atoms with Gasteiger partial charge in [0.15, 0.2) is 11.5 Å². The smallest absolute Gasteiger partial charge is 0.301 e. The maximum absolute atomic E-state index is 13.0. The minimum atomic E-state index is -0.337. The number of phenolic OH excluding ortho intramolecular Hbond substituents is 1. The third-order valence-electron chi connectivity index (χ3n) is 6.54. The van der Waals surface area contributed by atoms with Gasteiger partial charge >= 0.3 is 5.91 Å². The van der Waals surface area contributed by atoms with Crippen LogP contribution in [0.4, 0.5) is 11.4 Å². The zero-order chi connectivity index (χ0) is 26.1. The molecule has 37 heavy (non-hydrogen) atoms. The number of H-pyrrole nitrogens is 1. The minimum Gasteiger partial charge on any atom is -0.505 e. The van der Waals surface area contributed by atoms with E-state index in [1.165, 1.54) is 5.01 Å². The lowest BCUT2D eigenvalue weighted by Gasteiger charge is -2.13. The molecule has 186 valence electrons. The molecule has 3 aromatic carbocycles. The van der Waals surface area contributed by atoms with Crippen molar-refractivity contribution >= 4 is 28.7 Å². The Morgan fingerprint density at radius 2 is 1.81 bits per heavy atom. The van der Waals surface area contributed by atoms with Gasteiger partial charge in [-0.25, -0.2) is 5.10 Å². The number of nitrogens with zero attached hydrogens (tertiary/aromatic N) is 6. The van der Waals surface area contributed by atoms with Crippen molar-refractivity contribution in [3.8, 4) is 16.9 Å². The number of para-hydroxylation sites is 1. The molecule has 3 N–H and O–H groups in total. The Bertz CT molecular complexity index is 1520. The molecule has 0 fully saturated rings. The fraction of sp³-hybridized carbons (Fsp3) is 0.185. The summed E-state index contributed by atoms with van der Waals surface area (Å²) >= 11 is 0. The van der Waals surface area contributed by atoms with Crippen LogP contribution < -0.4 is 10.4 Å². The van der Waals surface area contributed by atoms with Crippen LogP contribution in [-0.4, -0.2) is 43.1 Å². The Hall–Kier alpha value is -4.86. The number of benzene rings is 3. The van der Waals surface area contributed by atoms with Crippen LogP contribution in [0.25, 0.3) is 11.1 Å². The molecule has 1 unspecified atom stereocenters. The zero-order valence-corrected chi connectivity index (χ0v) is 20.9. The Labute approximate surface area is 213 Å². The highest BCUT2D eigenvalue weighted by Gasteiger charge is 2.31. The number of aromatic amines is 1. The third kappa shape index (κ3) is 4.56. The first-order valence-electron chi connectivity index (χ1n) is 11.8. The van der Waals surface area contributed by atoms with Gasteiger partial charge in [-0.3, -0.25) is 10.2 Å². The van der Waals surface area contributed by atoms with Crippen LogP contribution in [0.1, 0.15) is 42.3 Å². The minimum absolute atomic E-state index is 0.00119. The van der Waals surface area contributed by atoms with Crippen molar-refractivity contribution in [2.45, 2.75) is 33.6 Å². The third-order valence-corrected chi connectivity index (χ3v) is 6.54. The van der Waals surface area contributed by atoms with E-state index in [9.17, 15) is 9.90 Å². The van der Waals surface area contributed by atoms with E-state index >= 15 is 0 Å². The van der Waals surface area contributed by atoms with Gasteiger partial charge in [-0.2, -0.15) is 15.2 Å². The van der Waals surface area contributed by atoms with E-state index in [0.717, 1.165) is 22.3 Å². The van der Waals surface area contributed by atoms with E-state index in [4.69, 9.17) is 0 Å². The second kappa shape index (κ2) is 9.65. The van der Waals surface area contributed by atoms with Gasteiger partial charge in [0, 0.05) is 11.5 Å². The van der Waals surface area contributed by atoms with Crippen molar-refractivity contribution in [1.29, 1.82) is 0 Å². The molecule has 0 radical (unpaired) electrons. The van der Waals surface area contributed by atoms with Crippen molar-refractivity contribution in [1.82, 2.24) is 20.6 Å². The predicted octanol–water partition coefficient (Wildman–Crippen LogP) is 4.53. The SMILES string of the molecule is CC1=NN(c2ccc(C)c(C)c2)C(=O)C1=NNc1cccc(-c2ccc(C(C)c3nnn[nH]3)cc2)c1O. The van der Waals surface area contributed by atoms with Crippen LogP contribution in [0.15, 0.2) is 70.9 Å². The molecule has 1 aliphatic rings. The largest absolute Gasteiger partial charge is 0.505 e. The van der Waals surface area contributed by atoms with Gasteiger partial charge < -0.3 is 5.11 Å². The molecule has 0 saturated carbocycles. The van der Waals surface area contributed by atoms with Crippen LogP contribution in [0.5, 0.6) is 5.75 Å². The van der Waals surface area contributed by atoms with Crippen LogP contribution in [0.2, 0.25) is 0 Å². The van der Waals surface area contributed by atoms with Crippen LogP contribution in [0, 0.1) is 13.8 Å². The highest BCUT2D eigenvalue weighted by molar-refractivity contribution is 6.71. The van der Waals surface area contributed by atoms with Crippen molar-refractivity contribution in [2.75, 3.05) is 10.4 Å². The number of rotatable bonds is 6. The maximum atomic E-state index is 13.0. The summed E-state index contributed by atoms with van der Waals surface area (Å²) in [6.45, 7) is 7.74. The molecule has 4 aromatic rings. The lowest BCUT2D eigenvalue weighted by Crippen LogP contribution is -2.28. The van der Waals surface area contributed by atoms with Crippen molar-refractivity contribution in [3.05, 3.63) is 83.2 Å². The van der Waals surface area contributed by atoms with E-state index in [2.05, 4.69) is 36.3 Å². The van der Waals surface area contributed by atoms with Crippen molar-refractivity contribution in [3.63, 3.8) is 0 Å². The average molecular weight is 495 g/mol. The summed E-state index contributed by atoms with van der Waals surface area (Å²) in [7, 11) is 0. The maximum Gasteiger partial charge on any atom is 0.301 e. The molecule has 0 spiro atoms. The number of aromatic hydroxyl groups is 1. The Morgan fingerprint density at radius 3 is 2.51 bits per heavy atom. The molecule has 1 atom stereocenters. The number of aromatic nitrogens is 4. The number of anilines is 2. The molecule has 5 rings (SSSR count). The van der Waals surface area contributed by atoms with E-state index in [1.807, 2.05) is 75.4 Å². The number of tetrazole rings is 1. The molecule has 1 amide bonds. The summed E-state index contributed by atoms with van der Waals surface area (Å²) in [5.41, 5.74) is 9.27. The van der Waals surface area contributed by atoms with Crippen LogP contribution in [-0.2, 0) is 4.79 Å². The first-order chi connectivity index (χ1) is 17.8. The molecule has 0 bridgehead atoms. The van der Waals surface area contributed by atoms with E-state index in [0.29, 0.717) is 28.5 Å². The van der Waals surface area contributed by atoms with Crippen LogP contribution in [0.3, 0.4) is 0 Å². The molecular weight excluding hydrogens is 468 g/mol. The molecule has 0 saturated heterocycles. The van der Waals surface area contributed by atoms with Gasteiger partial charge in [0.1, 0.15) is 5.75 Å². The second-order valence-corrected chi connectivity index (χ2v) is 8.98. The number of hydrazone groups is 2. The standard InChI is InChI=1S/C27H26N8O2/c1-15-8-13-21(14-16(15)2)35-27(37)24(18(4)32-35)29-28-23-7-5-6-22(25(23)36)20-11-9-19(10-12-20)17(3)26-30-33-34-31-26/h5-14,17,28,36H,1-4H3,(H,30,31,33,34). The highest BCUT2D eigenvalue weighted by Crippen LogP contribution is 2.36. The number of aryl methyl sites for hydroxylation is 2. The molecule has 1 aliphatic heterocycles. The van der Waals surface area contributed by atoms with Gasteiger partial charge in [-0.15, -0.1) is 5.10 Å². The van der Waals surface area contributed by atoms with E-state index in [1.54, 1.807) is 13.0 Å². The van der Waals surface area contributed by atoms with Crippen molar-refractivity contribution < 1.29 is 9.90 Å². The van der Waals surface area contributed by atoms with Gasteiger partial charge in [-0.1, -0.05) is 49.4 Å². The number of carbonyl (C=O) groups excluding carboxylic acids is 1. The van der Waals surface area contributed by atoms with Gasteiger partial charge in [-0.05, 0) is 71.7 Å². The molecule has 2 heterocycles. The average Bonchev–Trinajstić information content (AvgIpc) is 3.53. The predicted molar refractivity (Wildman–Crippen MR) is 143 cm³/mol. The number of hydrogen-bond acceptors (Lipinski definition) is 8. The normalized spacial score (nSPS) is 15.2. The van der Waals surface area contributed by atoms with E-state index in [-0.39, 0.29) is 23.3 Å². The summed E-state index contributed by atoms with van der Waals surface area (Å²) in [4.78, 5) is 13.0. The lowest BCUT2D eigenvalue weighted by atomic mass is 9.96. The zero-order valence-electron chi connectivity index (χ0n) is 20.9. The number of carbonyl (C=O) groups is 1. The fourth-order valence-corrected chi connectivity index (χ4v) is 4.10. The molecule has 10 nitrogen and oxygen atoms in total. The lowest BCUT2D eigenvalue weighted by molar-refractivity contribution is -0.112. The van der Waals surface area contributed by atoms with E-state index < -0.39 is 0 Å². The monoisotopic (exact) mass is 494 g/mol. The summed E-state index contributed by atoms with van der Waals surface area (Å²) in [6.07, 6.45) is 0. The second-order valence-electron chi connectivity index (χ2n) is 8.98. The highest BCUT2D eigenvalue weighted by atomic mass is 16.3. The molecule has 1 aromatic heterocycles. The summed E-state index contributed by atoms with van der Waals surface area (Å²) in [6, 6.07) is 18.9. The summed E-state index contributed by atoms with van der Waals surface area (Å²) in [5.74, 6) is 0.365. The Kier molecular flexibility index (Phi) is 6.22. The number of amides is 1. The van der Waals surface area contributed by atoms with Crippen molar-refractivity contribution in [2.24, 2.45) is 10.2 Å². The first-order valence-corrected chi connectivity index (χ1v) is 11.8. The molecular formula is C27H26N8O2. The quantitative estimate of drug-likeness (QED) is 0.267. The number of hydrogen-bond donors (Lipinski definition) is 3. The van der Waals surface area contributed by atoms with Gasteiger partial charge in [0.05, 0.1) is 17.1 Å². The molecule has 10 heteroatoms. The number of phenols is 1. The molecule has 0 aliphatic carbocycles. The number of nitrogens with one attached hydrogen (secondary N) is 2. The van der Waals surface area contributed by atoms with Gasteiger partial charge in [0.2, 0.25) is 0 Å².